The Morgan fingerprint density at radius 1 is 0.895 bits per heavy atom. The summed E-state index contributed by atoms with van der Waals surface area (Å²) < 4.78 is 32.2. The number of hydrogen-bond donors (Lipinski definition) is 0. The molecule has 5 nitrogen and oxygen atoms in total. The molecule has 0 radical (unpaired) electrons. The third-order valence-corrected chi connectivity index (χ3v) is 2.96. The number of hydrogen-bond acceptors (Lipinski definition) is 5. The fraction of sp³-hybridized carbons (Fsp3) is 0. The van der Waals surface area contributed by atoms with E-state index in [9.17, 15) is 23.2 Å². The maximum atomic E-state index is 11.5. The van der Waals surface area contributed by atoms with Gasteiger partial charge in [0.25, 0.3) is 0 Å². The van der Waals surface area contributed by atoms with Crippen molar-refractivity contribution in [1.82, 2.24) is 0 Å². The molecule has 0 fully saturated rings. The number of benzene rings is 2. The van der Waals surface area contributed by atoms with E-state index in [0.29, 0.717) is 0 Å². The van der Waals surface area contributed by atoms with Gasteiger partial charge in [0, 0.05) is 0 Å². The zero-order valence-electron chi connectivity index (χ0n) is 10.8. The minimum atomic E-state index is -4.66. The van der Waals surface area contributed by atoms with Crippen LogP contribution in [0.3, 0.4) is 0 Å². The van der Waals surface area contributed by atoms with Crippen molar-refractivity contribution in [3.8, 4) is 11.5 Å². The van der Waals surface area contributed by atoms with Gasteiger partial charge in [-0.2, -0.15) is 0 Å². The summed E-state index contributed by atoms with van der Waals surface area (Å²) in [6, 6.07) is 5.43. The molecule has 0 aliphatic heterocycles. The van der Waals surface area contributed by atoms with Gasteiger partial charge in [-0.3, -0.25) is 0 Å². The van der Waals surface area contributed by atoms with Crippen molar-refractivity contribution in [2.75, 3.05) is 0 Å². The fourth-order valence-corrected chi connectivity index (χ4v) is 1.94. The molecule has 0 spiro atoms. The summed E-state index contributed by atoms with van der Waals surface area (Å²) in [5.74, 6) is -0.994. The smallest absolute Gasteiger partial charge is 0.872 e. The van der Waals surface area contributed by atoms with E-state index < -0.39 is 20.8 Å². The van der Waals surface area contributed by atoms with Crippen LogP contribution in [0, 0.1) is 0 Å². The molecule has 19 heavy (non-hydrogen) atoms. The summed E-state index contributed by atoms with van der Waals surface area (Å²) in [5.41, 5.74) is 0. The van der Waals surface area contributed by atoms with Crippen LogP contribution in [0.5, 0.6) is 11.5 Å². The zero-order chi connectivity index (χ0) is 11.9. The molecule has 0 aromatic heterocycles. The Kier molecular flexibility index (Phi) is 12.9. The summed E-state index contributed by atoms with van der Waals surface area (Å²) in [6.07, 6.45) is 0. The first-order valence-corrected chi connectivity index (χ1v) is 5.66. The summed E-state index contributed by atoms with van der Waals surface area (Å²) >= 11 is 0. The molecule has 84 valence electrons. The van der Waals surface area contributed by atoms with E-state index in [2.05, 4.69) is 0 Å². The van der Waals surface area contributed by atoms with Gasteiger partial charge in [0.15, 0.2) is 0 Å². The topological polar surface area (TPSA) is 103 Å². The van der Waals surface area contributed by atoms with E-state index in [1.165, 1.54) is 12.1 Å². The second kappa shape index (κ2) is 10.1. The maximum absolute atomic E-state index is 11.5. The Labute approximate surface area is 238 Å². The average Bonchev–Trinajstić information content (AvgIpc) is 2.17. The van der Waals surface area contributed by atoms with Crippen molar-refractivity contribution in [3.05, 3.63) is 30.3 Å². The number of rotatable bonds is 1. The Hall–Kier alpha value is 3.12. The Morgan fingerprint density at radius 3 is 2.00 bits per heavy atom. The van der Waals surface area contributed by atoms with Crippen molar-refractivity contribution in [1.29, 1.82) is 0 Å². The van der Waals surface area contributed by atoms with E-state index in [4.69, 9.17) is 0 Å². The van der Waals surface area contributed by atoms with Crippen LogP contribution in [-0.2, 0) is 10.1 Å². The van der Waals surface area contributed by atoms with Gasteiger partial charge in [0.2, 0.25) is 0 Å². The molecule has 0 amide bonds. The van der Waals surface area contributed by atoms with E-state index >= 15 is 0 Å². The first-order valence-electron chi connectivity index (χ1n) is 4.26. The molecule has 0 aliphatic rings. The van der Waals surface area contributed by atoms with Crippen LogP contribution >= 0.6 is 0 Å². The molecular formula is C10H5K3O5S. The van der Waals surface area contributed by atoms with Gasteiger partial charge in [0.1, 0.15) is 10.1 Å². The Morgan fingerprint density at radius 2 is 1.47 bits per heavy atom. The quantitative estimate of drug-likeness (QED) is 0.374. The monoisotopic (exact) mass is 354 g/mol. The molecule has 2 rings (SSSR count). The molecule has 0 saturated heterocycles. The summed E-state index contributed by atoms with van der Waals surface area (Å²) in [4.78, 5) is -0.580. The summed E-state index contributed by atoms with van der Waals surface area (Å²) in [7, 11) is -4.66. The molecule has 0 unspecified atom stereocenters. The standard InChI is InChI=1S/C10H8O5S.3K/c11-7-2-1-6-3-8(16(13,14)15)5-10(12)9(6)4-7;;;/h1-5,11-12H,(H,13,14,15);;;/q;3*+1/p-3. The Balaban J connectivity index is 0. The summed E-state index contributed by atoms with van der Waals surface area (Å²) in [5, 5.41) is 22.8. The van der Waals surface area contributed by atoms with Gasteiger partial charge in [-0.05, 0) is 16.8 Å². The molecule has 0 aliphatic carbocycles. The summed E-state index contributed by atoms with van der Waals surface area (Å²) in [6.45, 7) is 0. The Bertz CT molecular complexity index is 672. The van der Waals surface area contributed by atoms with Crippen molar-refractivity contribution in [3.63, 3.8) is 0 Å². The van der Waals surface area contributed by atoms with E-state index in [1.807, 2.05) is 0 Å². The average molecular weight is 355 g/mol. The van der Waals surface area contributed by atoms with Gasteiger partial charge in [-0.15, -0.1) is 5.75 Å². The predicted molar refractivity (Wildman–Crippen MR) is 50.8 cm³/mol. The van der Waals surface area contributed by atoms with E-state index in [0.717, 1.165) is 18.2 Å². The van der Waals surface area contributed by atoms with Gasteiger partial charge in [-0.1, -0.05) is 30.0 Å². The van der Waals surface area contributed by atoms with Crippen molar-refractivity contribution >= 4 is 20.9 Å². The first kappa shape index (κ1) is 24.4. The second-order valence-corrected chi connectivity index (χ2v) is 4.64. The van der Waals surface area contributed by atoms with E-state index in [1.54, 1.807) is 0 Å². The predicted octanol–water partition coefficient (Wildman–Crippen LogP) is -9.10. The SMILES string of the molecule is O=S(=O)([O-])c1cc([O-])c2cc([O-])ccc2c1.[K+].[K+].[K+]. The second-order valence-electron chi connectivity index (χ2n) is 3.26. The molecule has 0 atom stereocenters. The van der Waals surface area contributed by atoms with Crippen molar-refractivity contribution in [2.45, 2.75) is 4.90 Å². The minimum Gasteiger partial charge on any atom is -0.872 e. The van der Waals surface area contributed by atoms with Crippen molar-refractivity contribution < 1.29 is 177 Å². The van der Waals surface area contributed by atoms with E-state index in [-0.39, 0.29) is 171 Å². The van der Waals surface area contributed by atoms with Crippen LogP contribution in [0.2, 0.25) is 0 Å². The van der Waals surface area contributed by atoms with Gasteiger partial charge in [0.05, 0.1) is 4.90 Å². The molecule has 2 aromatic rings. The van der Waals surface area contributed by atoms with Crippen LogP contribution < -0.4 is 164 Å². The van der Waals surface area contributed by atoms with Gasteiger partial charge < -0.3 is 14.8 Å². The van der Waals surface area contributed by atoms with Crippen LogP contribution in [-0.4, -0.2) is 13.0 Å². The van der Waals surface area contributed by atoms with Gasteiger partial charge in [-0.25, -0.2) is 8.42 Å². The molecule has 9 heteroatoms. The molecule has 0 bridgehead atoms. The molecule has 0 saturated carbocycles. The van der Waals surface area contributed by atoms with Gasteiger partial charge >= 0.3 is 154 Å². The largest absolute Gasteiger partial charge is 1.00 e. The molecule has 2 aromatic carbocycles. The third kappa shape index (κ3) is 6.63. The molecule has 0 heterocycles. The van der Waals surface area contributed by atoms with Crippen LogP contribution in [0.25, 0.3) is 10.8 Å². The molecule has 0 N–H and O–H groups in total. The first-order chi connectivity index (χ1) is 7.38. The van der Waals surface area contributed by atoms with Crippen LogP contribution in [0.4, 0.5) is 0 Å². The number of fused-ring (bicyclic) bond motifs is 1. The van der Waals surface area contributed by atoms with Crippen LogP contribution in [0.1, 0.15) is 0 Å². The van der Waals surface area contributed by atoms with Crippen LogP contribution in [0.15, 0.2) is 35.2 Å². The normalized spacial score (nSPS) is 9.95. The minimum absolute atomic E-state index is 0. The zero-order valence-corrected chi connectivity index (χ0v) is 21.0. The molecular weight excluding hydrogens is 349 g/mol. The maximum Gasteiger partial charge on any atom is 1.00 e. The third-order valence-electron chi connectivity index (χ3n) is 2.15. The van der Waals surface area contributed by atoms with Crippen molar-refractivity contribution in [2.24, 2.45) is 0 Å². The fourth-order valence-electron chi connectivity index (χ4n) is 1.42.